The summed E-state index contributed by atoms with van der Waals surface area (Å²) in [5.41, 5.74) is 5.92. The largest absolute Gasteiger partial charge is 0.388 e. The average Bonchev–Trinajstić information content (AvgIpc) is 3.27. The van der Waals surface area contributed by atoms with Crippen molar-refractivity contribution in [2.24, 2.45) is 23.2 Å². The molecule has 3 aromatic rings. The predicted molar refractivity (Wildman–Crippen MR) is 142 cm³/mol. The van der Waals surface area contributed by atoms with Gasteiger partial charge in [0.2, 0.25) is 0 Å². The summed E-state index contributed by atoms with van der Waals surface area (Å²) < 4.78 is 0. The van der Waals surface area contributed by atoms with Crippen LogP contribution in [0.25, 0.3) is 11.4 Å². The van der Waals surface area contributed by atoms with E-state index in [1.807, 2.05) is 43.4 Å². The molecule has 4 bridgehead atoms. The highest BCUT2D eigenvalue weighted by Crippen LogP contribution is 2.61. The Morgan fingerprint density at radius 1 is 1.00 bits per heavy atom. The molecule has 4 aliphatic rings. The van der Waals surface area contributed by atoms with Crippen LogP contribution < -0.4 is 10.6 Å². The Morgan fingerprint density at radius 3 is 2.37 bits per heavy atom. The van der Waals surface area contributed by atoms with E-state index in [1.54, 1.807) is 0 Å². The lowest BCUT2D eigenvalue weighted by molar-refractivity contribution is -0.0570. The van der Waals surface area contributed by atoms with Gasteiger partial charge in [-0.1, -0.05) is 30.3 Å². The van der Waals surface area contributed by atoms with Crippen molar-refractivity contribution in [1.82, 2.24) is 9.97 Å². The molecule has 7 rings (SSSR count). The summed E-state index contributed by atoms with van der Waals surface area (Å²) in [6.07, 6.45) is 10.6. The smallest absolute Gasteiger partial charge is 0.276 e. The second kappa shape index (κ2) is 8.85. The number of nitrogens with one attached hydrogen (secondary N) is 3. The monoisotopic (exact) mass is 468 g/mol. The number of hydrogen-bond acceptors (Lipinski definition) is 3. The van der Waals surface area contributed by atoms with Gasteiger partial charge in [-0.25, -0.2) is 4.98 Å². The summed E-state index contributed by atoms with van der Waals surface area (Å²) in [5, 5.41) is 6.22. The van der Waals surface area contributed by atoms with E-state index in [2.05, 4.69) is 34.7 Å². The number of carbonyl (C=O) groups is 1. The topological polar surface area (TPSA) is 69.8 Å². The number of anilines is 2. The van der Waals surface area contributed by atoms with Gasteiger partial charge in [-0.15, -0.1) is 0 Å². The van der Waals surface area contributed by atoms with Crippen LogP contribution in [0.1, 0.15) is 66.7 Å². The van der Waals surface area contributed by atoms with Crippen LogP contribution in [-0.2, 0) is 6.42 Å². The third-order valence-electron chi connectivity index (χ3n) is 8.87. The van der Waals surface area contributed by atoms with Gasteiger partial charge < -0.3 is 15.6 Å². The lowest BCUT2D eigenvalue weighted by Crippen LogP contribution is -2.46. The minimum atomic E-state index is -0.144. The maximum absolute atomic E-state index is 13.5. The van der Waals surface area contributed by atoms with E-state index in [9.17, 15) is 4.79 Å². The van der Waals surface area contributed by atoms with Crippen molar-refractivity contribution in [1.29, 1.82) is 0 Å². The zero-order valence-electron chi connectivity index (χ0n) is 20.9. The first-order valence-electron chi connectivity index (χ1n) is 13.2. The molecule has 0 saturated heterocycles. The van der Waals surface area contributed by atoms with E-state index in [4.69, 9.17) is 4.98 Å². The third-order valence-corrected chi connectivity index (χ3v) is 8.87. The fourth-order valence-electron chi connectivity index (χ4n) is 7.67. The first kappa shape index (κ1) is 22.4. The summed E-state index contributed by atoms with van der Waals surface area (Å²) in [6, 6.07) is 16.0. The fourth-order valence-corrected chi connectivity index (χ4v) is 7.67. The summed E-state index contributed by atoms with van der Waals surface area (Å²) in [5.74, 6) is 3.46. The molecule has 35 heavy (non-hydrogen) atoms. The molecule has 4 aliphatic carbocycles. The number of H-pyrrole nitrogens is 1. The number of aromatic amines is 1. The number of amides is 1. The number of hydrogen-bond donors (Lipinski definition) is 3. The zero-order valence-corrected chi connectivity index (χ0v) is 20.9. The Kier molecular flexibility index (Phi) is 5.66. The minimum Gasteiger partial charge on any atom is -0.388 e. The zero-order chi connectivity index (χ0) is 24.0. The van der Waals surface area contributed by atoms with E-state index in [1.165, 1.54) is 38.5 Å². The quantitative estimate of drug-likeness (QED) is 0.356. The van der Waals surface area contributed by atoms with Crippen LogP contribution in [0.3, 0.4) is 0 Å². The number of nitrogens with zero attached hydrogens (tertiary/aromatic N) is 1. The normalized spacial score (nSPS) is 26.6. The van der Waals surface area contributed by atoms with Crippen LogP contribution in [0.5, 0.6) is 0 Å². The van der Waals surface area contributed by atoms with Crippen molar-refractivity contribution in [2.75, 3.05) is 17.7 Å². The molecule has 1 aromatic heterocycles. The van der Waals surface area contributed by atoms with E-state index >= 15 is 0 Å². The molecule has 1 amide bonds. The molecular weight excluding hydrogens is 432 g/mol. The van der Waals surface area contributed by atoms with Gasteiger partial charge in [0.05, 0.1) is 0 Å². The van der Waals surface area contributed by atoms with E-state index in [-0.39, 0.29) is 5.91 Å². The van der Waals surface area contributed by atoms with Crippen molar-refractivity contribution in [3.05, 3.63) is 65.5 Å². The van der Waals surface area contributed by atoms with Crippen molar-refractivity contribution >= 4 is 17.3 Å². The summed E-state index contributed by atoms with van der Waals surface area (Å²) in [7, 11) is 1.88. The van der Waals surface area contributed by atoms with Crippen LogP contribution in [0.2, 0.25) is 0 Å². The molecule has 0 aliphatic heterocycles. The van der Waals surface area contributed by atoms with Gasteiger partial charge in [-0.05, 0) is 105 Å². The number of imidazole rings is 1. The number of carbonyl (C=O) groups excluding carboxylic acids is 1. The van der Waals surface area contributed by atoms with Crippen LogP contribution in [0, 0.1) is 30.1 Å². The highest BCUT2D eigenvalue weighted by molar-refractivity contribution is 6.04. The molecule has 0 atom stereocenters. The molecule has 5 nitrogen and oxygen atoms in total. The molecule has 1 heterocycles. The average molecular weight is 469 g/mol. The van der Waals surface area contributed by atoms with E-state index in [0.29, 0.717) is 11.1 Å². The fraction of sp³-hybridized carbons (Fsp3) is 0.467. The lowest BCUT2D eigenvalue weighted by Gasteiger charge is -2.57. The highest BCUT2D eigenvalue weighted by atomic mass is 16.1. The second-order valence-electron chi connectivity index (χ2n) is 11.4. The maximum Gasteiger partial charge on any atom is 0.276 e. The predicted octanol–water partition coefficient (Wildman–Crippen LogP) is 6.83. The Hall–Kier alpha value is -3.08. The Morgan fingerprint density at radius 2 is 1.69 bits per heavy atom. The highest BCUT2D eigenvalue weighted by Gasteiger charge is 2.50. The number of benzene rings is 2. The Balaban J connectivity index is 1.28. The first-order chi connectivity index (χ1) is 17.0. The minimum absolute atomic E-state index is 0.144. The molecule has 182 valence electrons. The third kappa shape index (κ3) is 4.37. The number of rotatable bonds is 7. The van der Waals surface area contributed by atoms with Crippen LogP contribution in [0.15, 0.2) is 48.5 Å². The first-order valence-corrected chi connectivity index (χ1v) is 13.2. The second-order valence-corrected chi connectivity index (χ2v) is 11.4. The van der Waals surface area contributed by atoms with Gasteiger partial charge in [-0.3, -0.25) is 4.79 Å². The van der Waals surface area contributed by atoms with Crippen molar-refractivity contribution in [2.45, 2.75) is 58.3 Å². The molecule has 0 radical (unpaired) electrons. The summed E-state index contributed by atoms with van der Waals surface area (Å²) >= 11 is 0. The SMILES string of the molecule is CNc1cccc(NC(=O)c2nc(-c3ccccc3C)[nH]c2CCC23CC4CC(CC(C4)C2)C3)c1. The van der Waals surface area contributed by atoms with Gasteiger partial charge in [0.15, 0.2) is 0 Å². The Labute approximate surface area is 208 Å². The molecule has 0 unspecified atom stereocenters. The maximum atomic E-state index is 13.5. The van der Waals surface area contributed by atoms with Gasteiger partial charge in [0.25, 0.3) is 5.91 Å². The Bertz CT molecular complexity index is 1210. The standard InChI is InChI=1S/C30H36N4O/c1-19-6-3-4-9-25(19)28-33-26(10-11-30-16-20-12-21(17-30)14-22(13-20)18-30)27(34-28)29(35)32-24-8-5-7-23(15-24)31-2/h3-9,15,20-22,31H,10-14,16-18H2,1-2H3,(H,32,35)(H,33,34). The summed E-state index contributed by atoms with van der Waals surface area (Å²) in [4.78, 5) is 21.9. The lowest BCUT2D eigenvalue weighted by atomic mass is 9.48. The van der Waals surface area contributed by atoms with Crippen molar-refractivity contribution < 1.29 is 4.79 Å². The number of aryl methyl sites for hydroxylation is 2. The van der Waals surface area contributed by atoms with Gasteiger partial charge >= 0.3 is 0 Å². The van der Waals surface area contributed by atoms with E-state index < -0.39 is 0 Å². The van der Waals surface area contributed by atoms with Gasteiger partial charge in [-0.2, -0.15) is 0 Å². The van der Waals surface area contributed by atoms with Crippen LogP contribution in [0.4, 0.5) is 11.4 Å². The van der Waals surface area contributed by atoms with Crippen LogP contribution in [-0.4, -0.2) is 22.9 Å². The molecule has 3 N–H and O–H groups in total. The van der Waals surface area contributed by atoms with E-state index in [0.717, 1.165) is 64.6 Å². The molecule has 5 heteroatoms. The molecule has 2 aromatic carbocycles. The van der Waals surface area contributed by atoms with Crippen molar-refractivity contribution in [3.8, 4) is 11.4 Å². The summed E-state index contributed by atoms with van der Waals surface area (Å²) in [6.45, 7) is 2.09. The van der Waals surface area contributed by atoms with Crippen LogP contribution >= 0.6 is 0 Å². The number of aromatic nitrogens is 2. The van der Waals surface area contributed by atoms with Crippen molar-refractivity contribution in [3.63, 3.8) is 0 Å². The molecule has 4 fully saturated rings. The molecule has 4 saturated carbocycles. The molecular formula is C30H36N4O. The van der Waals surface area contributed by atoms with Gasteiger partial charge in [0, 0.05) is 29.7 Å². The molecule has 0 spiro atoms. The van der Waals surface area contributed by atoms with Gasteiger partial charge in [0.1, 0.15) is 11.5 Å².